The average Bonchev–Trinajstić information content (AvgIpc) is 3.87. The molecule has 0 fully saturated rings. The Kier molecular flexibility index (Phi) is 5.77. The molecule has 0 saturated carbocycles. The number of para-hydroxylation sites is 5. The van der Waals surface area contributed by atoms with Crippen molar-refractivity contribution in [2.45, 2.75) is 0 Å². The van der Waals surface area contributed by atoms with Crippen LogP contribution < -0.4 is 0 Å². The Morgan fingerprint density at radius 1 is 0.208 bits per heavy atom. The largest absolute Gasteiger partial charge is 0.309 e. The second kappa shape index (κ2) is 10.7. The zero-order chi connectivity index (χ0) is 34.6. The molecule has 12 rings (SSSR count). The van der Waals surface area contributed by atoms with Crippen molar-refractivity contribution in [3.8, 4) is 17.1 Å². The molecule has 0 bridgehead atoms. The molecule has 53 heavy (non-hydrogen) atoms. The van der Waals surface area contributed by atoms with Crippen LogP contribution >= 0.6 is 0 Å². The molecular formula is C50H31N3. The molecule has 0 amide bonds. The average molecular weight is 674 g/mol. The predicted octanol–water partition coefficient (Wildman–Crippen LogP) is 13.3. The lowest BCUT2D eigenvalue weighted by Gasteiger charge is -2.13. The first-order valence-corrected chi connectivity index (χ1v) is 18.3. The van der Waals surface area contributed by atoms with E-state index in [2.05, 4.69) is 202 Å². The number of benzene rings is 9. The van der Waals surface area contributed by atoms with Gasteiger partial charge in [-0.3, -0.25) is 0 Å². The summed E-state index contributed by atoms with van der Waals surface area (Å²) in [5, 5.41) is 12.8. The summed E-state index contributed by atoms with van der Waals surface area (Å²) in [6, 6.07) is 68.9. The second-order valence-corrected chi connectivity index (χ2v) is 14.1. The number of fused-ring (bicyclic) bond motifs is 14. The van der Waals surface area contributed by atoms with Crippen LogP contribution in [0.2, 0.25) is 0 Å². The Morgan fingerprint density at radius 2 is 0.566 bits per heavy atom. The van der Waals surface area contributed by atoms with Crippen molar-refractivity contribution in [3.05, 3.63) is 188 Å². The molecule has 0 atom stereocenters. The summed E-state index contributed by atoms with van der Waals surface area (Å²) < 4.78 is 7.25. The van der Waals surface area contributed by atoms with Crippen LogP contribution in [0, 0.1) is 0 Å². The molecule has 9 aromatic carbocycles. The van der Waals surface area contributed by atoms with E-state index in [-0.39, 0.29) is 0 Å². The maximum Gasteiger partial charge on any atom is 0.0547 e. The van der Waals surface area contributed by atoms with Crippen LogP contribution in [0.25, 0.3) is 104 Å². The van der Waals surface area contributed by atoms with E-state index in [0.717, 1.165) is 11.4 Å². The zero-order valence-corrected chi connectivity index (χ0v) is 28.7. The van der Waals surface area contributed by atoms with E-state index >= 15 is 0 Å². The first kappa shape index (κ1) is 28.6. The molecule has 0 aliphatic carbocycles. The second-order valence-electron chi connectivity index (χ2n) is 14.1. The maximum atomic E-state index is 2.45. The van der Waals surface area contributed by atoms with Gasteiger partial charge in [0.15, 0.2) is 0 Å². The van der Waals surface area contributed by atoms with E-state index in [4.69, 9.17) is 0 Å². The minimum absolute atomic E-state index is 1.14. The molecule has 0 spiro atoms. The summed E-state index contributed by atoms with van der Waals surface area (Å²) in [6.45, 7) is 0. The highest BCUT2D eigenvalue weighted by atomic mass is 15.0. The van der Waals surface area contributed by atoms with Crippen molar-refractivity contribution in [1.82, 2.24) is 13.7 Å². The van der Waals surface area contributed by atoms with Gasteiger partial charge in [-0.15, -0.1) is 0 Å². The lowest BCUT2D eigenvalue weighted by atomic mass is 9.96. The van der Waals surface area contributed by atoms with Crippen LogP contribution in [0.3, 0.4) is 0 Å². The minimum atomic E-state index is 1.14. The van der Waals surface area contributed by atoms with Crippen LogP contribution in [0.4, 0.5) is 0 Å². The molecule has 0 saturated heterocycles. The van der Waals surface area contributed by atoms with Gasteiger partial charge in [0.25, 0.3) is 0 Å². The van der Waals surface area contributed by atoms with E-state index in [0.29, 0.717) is 0 Å². The standard InChI is InChI=1S/C50H31N3/c1-2-13-32(14-3-1)51-45-23-10-6-19-41(45)49-39-25-26-40-36(35(39)27-29-47(49)51)28-30-48-50(40)42-20-7-11-24-46(42)53(48)34-16-12-15-33(31-34)52-43-21-8-4-17-37(43)38-18-5-9-22-44(38)52/h1-31H. The first-order valence-electron chi connectivity index (χ1n) is 18.3. The van der Waals surface area contributed by atoms with Gasteiger partial charge in [-0.2, -0.15) is 0 Å². The van der Waals surface area contributed by atoms with Crippen molar-refractivity contribution >= 4 is 87.0 Å². The van der Waals surface area contributed by atoms with Crippen molar-refractivity contribution in [1.29, 1.82) is 0 Å². The van der Waals surface area contributed by atoms with Gasteiger partial charge in [0.2, 0.25) is 0 Å². The third-order valence-corrected chi connectivity index (χ3v) is 11.4. The van der Waals surface area contributed by atoms with Crippen LogP contribution in [0.5, 0.6) is 0 Å². The molecule has 0 N–H and O–H groups in total. The molecule has 0 aliphatic rings. The quantitative estimate of drug-likeness (QED) is 0.166. The van der Waals surface area contributed by atoms with Crippen molar-refractivity contribution in [2.24, 2.45) is 0 Å². The highest BCUT2D eigenvalue weighted by Crippen LogP contribution is 2.43. The molecule has 3 nitrogen and oxygen atoms in total. The van der Waals surface area contributed by atoms with Crippen molar-refractivity contribution in [2.75, 3.05) is 0 Å². The fourth-order valence-corrected chi connectivity index (χ4v) is 9.26. The molecular weight excluding hydrogens is 643 g/mol. The molecule has 0 radical (unpaired) electrons. The normalized spacial score (nSPS) is 12.2. The molecule has 246 valence electrons. The summed E-state index contributed by atoms with van der Waals surface area (Å²) in [5.41, 5.74) is 10.8. The third-order valence-electron chi connectivity index (χ3n) is 11.4. The number of hydrogen-bond acceptors (Lipinski definition) is 0. The van der Waals surface area contributed by atoms with Gasteiger partial charge in [-0.25, -0.2) is 0 Å². The van der Waals surface area contributed by atoms with E-state index < -0.39 is 0 Å². The lowest BCUT2D eigenvalue weighted by molar-refractivity contribution is 1.13. The summed E-state index contributed by atoms with van der Waals surface area (Å²) in [6.07, 6.45) is 0. The minimum Gasteiger partial charge on any atom is -0.309 e. The van der Waals surface area contributed by atoms with Gasteiger partial charge in [-0.05, 0) is 88.3 Å². The summed E-state index contributed by atoms with van der Waals surface area (Å²) in [7, 11) is 0. The topological polar surface area (TPSA) is 14.8 Å². The van der Waals surface area contributed by atoms with E-state index in [9.17, 15) is 0 Å². The van der Waals surface area contributed by atoms with E-state index in [1.807, 2.05) is 0 Å². The maximum absolute atomic E-state index is 2.45. The molecule has 0 unspecified atom stereocenters. The van der Waals surface area contributed by atoms with E-state index in [1.165, 1.54) is 92.6 Å². The Labute approximate surface area is 304 Å². The number of rotatable bonds is 3. The van der Waals surface area contributed by atoms with Gasteiger partial charge in [0, 0.05) is 49.4 Å². The molecule has 12 aromatic rings. The highest BCUT2D eigenvalue weighted by Gasteiger charge is 2.20. The molecule has 3 heteroatoms. The SMILES string of the molecule is c1ccc(-n2c3ccccc3c3c4ccc5c(ccc6c5c5ccccc5n6-c5cccc(-n6c7ccccc7c7ccccc76)c5)c4ccc32)cc1. The number of hydrogen-bond donors (Lipinski definition) is 0. The van der Waals surface area contributed by atoms with Gasteiger partial charge in [-0.1, -0.05) is 121 Å². The fourth-order valence-electron chi connectivity index (χ4n) is 9.26. The predicted molar refractivity (Wildman–Crippen MR) is 224 cm³/mol. The molecule has 3 aromatic heterocycles. The van der Waals surface area contributed by atoms with E-state index in [1.54, 1.807) is 0 Å². The number of aromatic nitrogens is 3. The Balaban J connectivity index is 1.12. The monoisotopic (exact) mass is 673 g/mol. The van der Waals surface area contributed by atoms with Crippen LogP contribution in [-0.2, 0) is 0 Å². The first-order chi connectivity index (χ1) is 26.3. The summed E-state index contributed by atoms with van der Waals surface area (Å²) in [4.78, 5) is 0. The summed E-state index contributed by atoms with van der Waals surface area (Å²) >= 11 is 0. The highest BCUT2D eigenvalue weighted by molar-refractivity contribution is 6.30. The number of nitrogens with zero attached hydrogens (tertiary/aromatic N) is 3. The van der Waals surface area contributed by atoms with Crippen molar-refractivity contribution in [3.63, 3.8) is 0 Å². The molecule has 3 heterocycles. The Bertz CT molecular complexity index is 3400. The van der Waals surface area contributed by atoms with Crippen LogP contribution in [0.1, 0.15) is 0 Å². The lowest BCUT2D eigenvalue weighted by Crippen LogP contribution is -1.98. The fraction of sp³-hybridized carbons (Fsp3) is 0. The van der Waals surface area contributed by atoms with Crippen LogP contribution in [-0.4, -0.2) is 13.7 Å². The Morgan fingerprint density at radius 3 is 1.08 bits per heavy atom. The van der Waals surface area contributed by atoms with Gasteiger partial charge < -0.3 is 13.7 Å². The smallest absolute Gasteiger partial charge is 0.0547 e. The third kappa shape index (κ3) is 3.88. The van der Waals surface area contributed by atoms with Gasteiger partial charge in [0.1, 0.15) is 0 Å². The van der Waals surface area contributed by atoms with Gasteiger partial charge >= 0.3 is 0 Å². The van der Waals surface area contributed by atoms with Crippen molar-refractivity contribution < 1.29 is 0 Å². The molecule has 0 aliphatic heterocycles. The van der Waals surface area contributed by atoms with Crippen LogP contribution in [0.15, 0.2) is 188 Å². The summed E-state index contributed by atoms with van der Waals surface area (Å²) in [5.74, 6) is 0. The Hall–Kier alpha value is -7.10. The van der Waals surface area contributed by atoms with Gasteiger partial charge in [0.05, 0.1) is 33.1 Å². The zero-order valence-electron chi connectivity index (χ0n) is 28.7.